The Morgan fingerprint density at radius 1 is 1.05 bits per heavy atom. The van der Waals surface area contributed by atoms with Crippen LogP contribution in [0.25, 0.3) is 0 Å². The van der Waals surface area contributed by atoms with E-state index in [1.165, 1.54) is 0 Å². The fourth-order valence-corrected chi connectivity index (χ4v) is 7.17. The molecule has 10 heteroatoms. The number of benzene rings is 1. The first kappa shape index (κ1) is 31.7. The standard InChI is InChI=1S/C34H45N3O7/c1-33(2,3)44-28(39)17-23-14-10-5-4-6-11-15-25-18-34(25,32(42)43)35-30(40)29-26-21-36(19-24(26)20-37(29)31(23)41)27(38)16-22-12-8-7-9-13-22/h7-9,11-13,15,23-26,29H,4-6,10,14,16-21H2,1-3H3,(H,35,40)(H,42,43)/b15-11-/t23-,24-,25+,26-,29-,34+/m0/s1. The van der Waals surface area contributed by atoms with Gasteiger partial charge in [0.1, 0.15) is 17.2 Å². The number of nitrogens with one attached hydrogen (secondary N) is 1. The molecule has 1 saturated carbocycles. The van der Waals surface area contributed by atoms with Crippen molar-refractivity contribution in [1.29, 1.82) is 0 Å². The first-order valence-electron chi connectivity index (χ1n) is 15.9. The lowest BCUT2D eigenvalue weighted by Gasteiger charge is -2.32. The van der Waals surface area contributed by atoms with Crippen molar-refractivity contribution in [3.63, 3.8) is 0 Å². The second kappa shape index (κ2) is 12.7. The molecule has 3 aliphatic heterocycles. The topological polar surface area (TPSA) is 133 Å². The lowest BCUT2D eigenvalue weighted by atomic mass is 9.92. The van der Waals surface area contributed by atoms with E-state index in [-0.39, 0.29) is 49.0 Å². The van der Waals surface area contributed by atoms with Gasteiger partial charge < -0.3 is 25.0 Å². The molecule has 0 aromatic heterocycles. The highest BCUT2D eigenvalue weighted by Crippen LogP contribution is 2.46. The number of nitrogens with zero attached hydrogens (tertiary/aromatic N) is 2. The first-order valence-corrected chi connectivity index (χ1v) is 15.9. The molecule has 10 nitrogen and oxygen atoms in total. The Labute approximate surface area is 259 Å². The zero-order valence-electron chi connectivity index (χ0n) is 26.0. The molecule has 0 radical (unpaired) electrons. The normalized spacial score (nSPS) is 31.5. The van der Waals surface area contributed by atoms with Gasteiger partial charge in [-0.05, 0) is 52.0 Å². The molecule has 5 rings (SSSR count). The van der Waals surface area contributed by atoms with E-state index in [0.717, 1.165) is 31.2 Å². The minimum absolute atomic E-state index is 0.0433. The average Bonchev–Trinajstić information content (AvgIpc) is 3.30. The van der Waals surface area contributed by atoms with Crippen molar-refractivity contribution in [3.05, 3.63) is 48.0 Å². The molecule has 3 fully saturated rings. The van der Waals surface area contributed by atoms with Crippen LogP contribution >= 0.6 is 0 Å². The number of amides is 3. The first-order chi connectivity index (χ1) is 20.9. The molecule has 3 amide bonds. The minimum Gasteiger partial charge on any atom is -0.479 e. The van der Waals surface area contributed by atoms with Crippen molar-refractivity contribution < 1.29 is 33.8 Å². The third-order valence-electron chi connectivity index (χ3n) is 9.48. The third kappa shape index (κ3) is 7.00. The highest BCUT2D eigenvalue weighted by molar-refractivity contribution is 5.96. The predicted molar refractivity (Wildman–Crippen MR) is 162 cm³/mol. The van der Waals surface area contributed by atoms with Crippen LogP contribution in [0.2, 0.25) is 0 Å². The van der Waals surface area contributed by atoms with Gasteiger partial charge in [0.2, 0.25) is 17.7 Å². The quantitative estimate of drug-likeness (QED) is 0.388. The Morgan fingerprint density at radius 2 is 1.80 bits per heavy atom. The number of carboxylic acid groups (broad SMARTS) is 1. The van der Waals surface area contributed by atoms with Crippen LogP contribution in [0.3, 0.4) is 0 Å². The second-order valence-corrected chi connectivity index (χ2v) is 14.0. The molecule has 44 heavy (non-hydrogen) atoms. The van der Waals surface area contributed by atoms with Gasteiger partial charge in [0, 0.05) is 43.3 Å². The number of carboxylic acids is 1. The van der Waals surface area contributed by atoms with Gasteiger partial charge in [-0.1, -0.05) is 55.3 Å². The zero-order valence-corrected chi connectivity index (χ0v) is 26.0. The summed E-state index contributed by atoms with van der Waals surface area (Å²) < 4.78 is 5.56. The minimum atomic E-state index is -1.40. The third-order valence-corrected chi connectivity index (χ3v) is 9.48. The van der Waals surface area contributed by atoms with E-state index >= 15 is 0 Å². The number of ether oxygens (including phenoxy) is 1. The maximum Gasteiger partial charge on any atom is 0.330 e. The summed E-state index contributed by atoms with van der Waals surface area (Å²) in [5.74, 6) is -3.82. The molecule has 238 valence electrons. The Hall–Kier alpha value is -3.69. The smallest absolute Gasteiger partial charge is 0.330 e. The van der Waals surface area contributed by atoms with Crippen LogP contribution in [-0.2, 0) is 35.1 Å². The summed E-state index contributed by atoms with van der Waals surface area (Å²) >= 11 is 0. The number of fused-ring (bicyclic) bond motifs is 4. The van der Waals surface area contributed by atoms with E-state index < -0.39 is 40.9 Å². The Bertz CT molecular complexity index is 1310. The van der Waals surface area contributed by atoms with Gasteiger partial charge in [0.05, 0.1) is 12.8 Å². The van der Waals surface area contributed by atoms with Crippen LogP contribution in [0.15, 0.2) is 42.5 Å². The summed E-state index contributed by atoms with van der Waals surface area (Å²) in [5, 5.41) is 13.0. The molecule has 1 aliphatic carbocycles. The van der Waals surface area contributed by atoms with E-state index in [0.29, 0.717) is 25.9 Å². The molecule has 0 unspecified atom stereocenters. The van der Waals surface area contributed by atoms with E-state index in [1.54, 1.807) is 30.6 Å². The van der Waals surface area contributed by atoms with E-state index in [2.05, 4.69) is 5.32 Å². The number of rotatable bonds is 5. The van der Waals surface area contributed by atoms with Gasteiger partial charge in [-0.25, -0.2) is 4.79 Å². The molecule has 6 atom stereocenters. The summed E-state index contributed by atoms with van der Waals surface area (Å²) in [6.45, 7) is 6.34. The molecule has 2 saturated heterocycles. The number of hydrogen-bond donors (Lipinski definition) is 2. The van der Waals surface area contributed by atoms with Crippen molar-refractivity contribution >= 4 is 29.7 Å². The van der Waals surface area contributed by atoms with Crippen molar-refractivity contribution in [3.8, 4) is 0 Å². The number of esters is 1. The Morgan fingerprint density at radius 3 is 2.50 bits per heavy atom. The average molecular weight is 608 g/mol. The van der Waals surface area contributed by atoms with E-state index in [1.807, 2.05) is 42.5 Å². The zero-order chi connectivity index (χ0) is 31.6. The molecular weight excluding hydrogens is 562 g/mol. The summed E-state index contributed by atoms with van der Waals surface area (Å²) in [4.78, 5) is 70.2. The van der Waals surface area contributed by atoms with Gasteiger partial charge in [0.15, 0.2) is 0 Å². The number of carbonyl (C=O) groups is 5. The summed E-state index contributed by atoms with van der Waals surface area (Å²) in [6, 6.07) is 8.54. The monoisotopic (exact) mass is 607 g/mol. The van der Waals surface area contributed by atoms with Crippen LogP contribution < -0.4 is 5.32 Å². The summed E-state index contributed by atoms with van der Waals surface area (Å²) in [5.41, 5.74) is -1.20. The number of hydrogen-bond acceptors (Lipinski definition) is 6. The van der Waals surface area contributed by atoms with E-state index in [9.17, 15) is 29.1 Å². The van der Waals surface area contributed by atoms with Crippen molar-refractivity contribution in [2.75, 3.05) is 19.6 Å². The lowest BCUT2D eigenvalue weighted by Crippen LogP contribution is -2.56. The van der Waals surface area contributed by atoms with Crippen molar-refractivity contribution in [2.24, 2.45) is 23.7 Å². The largest absolute Gasteiger partial charge is 0.479 e. The van der Waals surface area contributed by atoms with Crippen LogP contribution in [-0.4, -0.2) is 81.4 Å². The fraction of sp³-hybridized carbons (Fsp3) is 0.618. The molecular formula is C34H45N3O7. The molecule has 2 N–H and O–H groups in total. The highest BCUT2D eigenvalue weighted by atomic mass is 16.6. The van der Waals surface area contributed by atoms with Crippen LogP contribution in [0, 0.1) is 23.7 Å². The van der Waals surface area contributed by atoms with Crippen LogP contribution in [0.1, 0.15) is 71.3 Å². The van der Waals surface area contributed by atoms with Gasteiger partial charge in [-0.3, -0.25) is 19.2 Å². The summed E-state index contributed by atoms with van der Waals surface area (Å²) in [7, 11) is 0. The van der Waals surface area contributed by atoms with Crippen molar-refractivity contribution in [2.45, 2.75) is 89.3 Å². The maximum absolute atomic E-state index is 14.2. The number of likely N-dealkylation sites (tertiary alicyclic amines) is 1. The van der Waals surface area contributed by atoms with Crippen LogP contribution in [0.5, 0.6) is 0 Å². The fourth-order valence-electron chi connectivity index (χ4n) is 7.17. The number of aliphatic carboxylic acids is 1. The van der Waals surface area contributed by atoms with Gasteiger partial charge >= 0.3 is 11.9 Å². The SMILES string of the molecule is CC(C)(C)OC(=O)C[C@@H]1CCCCC/C=C\[C@@H]2C[C@@]2(C(=O)O)NC(=O)[C@@H]2[C@H]3CN(C(=O)Cc4ccccc4)C[C@H]3CN2C1=O. The summed E-state index contributed by atoms with van der Waals surface area (Å²) in [6.07, 6.45) is 8.08. The molecule has 1 aromatic carbocycles. The molecule has 0 bridgehead atoms. The predicted octanol–water partition coefficient (Wildman–Crippen LogP) is 3.34. The molecule has 0 spiro atoms. The Balaban J connectivity index is 1.41. The van der Waals surface area contributed by atoms with Crippen LogP contribution in [0.4, 0.5) is 0 Å². The lowest BCUT2D eigenvalue weighted by molar-refractivity contribution is -0.159. The molecule has 1 aromatic rings. The van der Waals surface area contributed by atoms with Crippen molar-refractivity contribution in [1.82, 2.24) is 15.1 Å². The van der Waals surface area contributed by atoms with E-state index in [4.69, 9.17) is 4.74 Å². The van der Waals surface area contributed by atoms with Gasteiger partial charge in [-0.15, -0.1) is 0 Å². The second-order valence-electron chi connectivity index (χ2n) is 14.0. The molecule has 4 aliphatic rings. The number of carbonyl (C=O) groups excluding carboxylic acids is 4. The Kier molecular flexibility index (Phi) is 9.18. The number of allylic oxidation sites excluding steroid dienone is 1. The maximum atomic E-state index is 14.2. The highest BCUT2D eigenvalue weighted by Gasteiger charge is 2.62. The molecule has 3 heterocycles. The van der Waals surface area contributed by atoms with Gasteiger partial charge in [-0.2, -0.15) is 0 Å². The van der Waals surface area contributed by atoms with Gasteiger partial charge in [0.25, 0.3) is 0 Å².